The first-order chi connectivity index (χ1) is 12.8. The number of hydrogen-bond acceptors (Lipinski definition) is 4. The molecule has 0 saturated heterocycles. The normalized spacial score (nSPS) is 20.2. The molecule has 1 aromatic heterocycles. The molecule has 7 heteroatoms. The van der Waals surface area contributed by atoms with Gasteiger partial charge in [-0.3, -0.25) is 0 Å². The van der Waals surface area contributed by atoms with Crippen LogP contribution in [0.3, 0.4) is 0 Å². The van der Waals surface area contributed by atoms with Crippen molar-refractivity contribution in [2.45, 2.75) is 25.0 Å². The molecule has 27 heavy (non-hydrogen) atoms. The molecule has 3 rings (SSSR count). The average molecular weight is 389 g/mol. The summed E-state index contributed by atoms with van der Waals surface area (Å²) in [6.07, 6.45) is 8.51. The van der Waals surface area contributed by atoms with E-state index in [2.05, 4.69) is 0 Å². The lowest BCUT2D eigenvalue weighted by atomic mass is 10.0. The summed E-state index contributed by atoms with van der Waals surface area (Å²) in [6, 6.07) is 6.88. The Bertz CT molecular complexity index is 1080. The SMILES string of the molecule is CCOC(=O)/C=C/c1cn(S(=O)(=O)C2(C)CC=CC=C2F)c2ccccc12. The van der Waals surface area contributed by atoms with Gasteiger partial charge in [0.05, 0.1) is 12.1 Å². The number of aromatic nitrogens is 1. The highest BCUT2D eigenvalue weighted by atomic mass is 32.2. The molecule has 0 spiro atoms. The summed E-state index contributed by atoms with van der Waals surface area (Å²) in [5.74, 6) is -1.22. The molecule has 1 unspecified atom stereocenters. The van der Waals surface area contributed by atoms with Crippen LogP contribution in [-0.2, 0) is 19.6 Å². The maximum atomic E-state index is 14.5. The second kappa shape index (κ2) is 7.15. The van der Waals surface area contributed by atoms with E-state index in [9.17, 15) is 17.6 Å². The Hall–Kier alpha value is -2.67. The van der Waals surface area contributed by atoms with Crippen molar-refractivity contribution < 1.29 is 22.3 Å². The van der Waals surface area contributed by atoms with E-state index in [4.69, 9.17) is 4.74 Å². The van der Waals surface area contributed by atoms with Gasteiger partial charge in [-0.05, 0) is 38.5 Å². The summed E-state index contributed by atoms with van der Waals surface area (Å²) >= 11 is 0. The number of para-hydroxylation sites is 1. The summed E-state index contributed by atoms with van der Waals surface area (Å²) in [5, 5.41) is 0.640. The van der Waals surface area contributed by atoms with Crippen LogP contribution >= 0.6 is 0 Å². The monoisotopic (exact) mass is 389 g/mol. The van der Waals surface area contributed by atoms with Crippen LogP contribution in [0.5, 0.6) is 0 Å². The van der Waals surface area contributed by atoms with Gasteiger partial charge in [0.2, 0.25) is 0 Å². The molecule has 0 fully saturated rings. The molecule has 142 valence electrons. The van der Waals surface area contributed by atoms with E-state index in [1.54, 1.807) is 37.3 Å². The van der Waals surface area contributed by atoms with Gasteiger partial charge in [-0.2, -0.15) is 0 Å². The van der Waals surface area contributed by atoms with Crippen LogP contribution in [-0.4, -0.2) is 29.7 Å². The summed E-state index contributed by atoms with van der Waals surface area (Å²) in [4.78, 5) is 11.6. The van der Waals surface area contributed by atoms with Crippen LogP contribution in [0.4, 0.5) is 4.39 Å². The van der Waals surface area contributed by atoms with Gasteiger partial charge in [0, 0.05) is 23.2 Å². The first-order valence-corrected chi connectivity index (χ1v) is 9.98. The topological polar surface area (TPSA) is 65.4 Å². The van der Waals surface area contributed by atoms with Crippen LogP contribution < -0.4 is 0 Å². The van der Waals surface area contributed by atoms with Gasteiger partial charge in [-0.25, -0.2) is 21.6 Å². The minimum absolute atomic E-state index is 0.0399. The number of fused-ring (bicyclic) bond motifs is 1. The number of nitrogens with zero attached hydrogens (tertiary/aromatic N) is 1. The maximum Gasteiger partial charge on any atom is 0.330 e. The van der Waals surface area contributed by atoms with Gasteiger partial charge in [-0.15, -0.1) is 0 Å². The number of carbonyl (C=O) groups excluding carboxylic acids is 1. The van der Waals surface area contributed by atoms with Crippen molar-refractivity contribution in [3.8, 4) is 0 Å². The Morgan fingerprint density at radius 3 is 2.81 bits per heavy atom. The van der Waals surface area contributed by atoms with Gasteiger partial charge in [-0.1, -0.05) is 30.4 Å². The van der Waals surface area contributed by atoms with E-state index >= 15 is 0 Å². The van der Waals surface area contributed by atoms with E-state index in [-0.39, 0.29) is 13.0 Å². The Morgan fingerprint density at radius 2 is 2.11 bits per heavy atom. The van der Waals surface area contributed by atoms with Crippen LogP contribution in [0.1, 0.15) is 25.8 Å². The lowest BCUT2D eigenvalue weighted by Crippen LogP contribution is -2.40. The van der Waals surface area contributed by atoms with Crippen LogP contribution in [0.15, 0.2) is 60.6 Å². The smallest absolute Gasteiger partial charge is 0.330 e. The molecule has 1 aliphatic carbocycles. The highest BCUT2D eigenvalue weighted by Gasteiger charge is 2.45. The van der Waals surface area contributed by atoms with Crippen molar-refractivity contribution in [1.29, 1.82) is 0 Å². The van der Waals surface area contributed by atoms with Crippen LogP contribution in [0, 0.1) is 0 Å². The van der Waals surface area contributed by atoms with E-state index < -0.39 is 26.6 Å². The van der Waals surface area contributed by atoms with Gasteiger partial charge < -0.3 is 4.74 Å². The van der Waals surface area contributed by atoms with Gasteiger partial charge >= 0.3 is 5.97 Å². The van der Waals surface area contributed by atoms with E-state index in [0.717, 1.165) is 3.97 Å². The van der Waals surface area contributed by atoms with Crippen molar-refractivity contribution in [2.75, 3.05) is 6.61 Å². The standard InChI is InChI=1S/C20H20FNO4S/c1-3-26-19(23)12-11-15-14-22(17-9-5-4-8-16(15)17)27(24,25)20(2)13-7-6-10-18(20)21/h4-12,14H,3,13H2,1-2H3/b12-11+. The average Bonchev–Trinajstić information content (AvgIpc) is 3.02. The number of halogens is 1. The molecule has 2 aromatic rings. The third-order valence-corrected chi connectivity index (χ3v) is 6.93. The number of carbonyl (C=O) groups is 1. The predicted octanol–water partition coefficient (Wildman–Crippen LogP) is 3.97. The molecule has 1 aromatic carbocycles. The molecule has 1 atom stereocenters. The largest absolute Gasteiger partial charge is 0.463 e. The van der Waals surface area contributed by atoms with Gasteiger partial charge in [0.1, 0.15) is 10.6 Å². The number of esters is 1. The first kappa shape index (κ1) is 19.1. The first-order valence-electron chi connectivity index (χ1n) is 8.54. The fraction of sp³-hybridized carbons (Fsp3) is 0.250. The molecule has 0 radical (unpaired) electrons. The summed E-state index contributed by atoms with van der Waals surface area (Å²) < 4.78 is 45.4. The van der Waals surface area contributed by atoms with Crippen molar-refractivity contribution in [3.05, 3.63) is 66.2 Å². The maximum absolute atomic E-state index is 14.5. The molecule has 1 heterocycles. The van der Waals surface area contributed by atoms with E-state index in [1.165, 1.54) is 37.4 Å². The van der Waals surface area contributed by atoms with Gasteiger partial charge in [0.15, 0.2) is 0 Å². The van der Waals surface area contributed by atoms with Crippen LogP contribution in [0.25, 0.3) is 17.0 Å². The number of rotatable bonds is 5. The molecule has 1 aliphatic rings. The molecule has 0 amide bonds. The Morgan fingerprint density at radius 1 is 1.37 bits per heavy atom. The second-order valence-corrected chi connectivity index (χ2v) is 8.61. The molecule has 5 nitrogen and oxygen atoms in total. The van der Waals surface area contributed by atoms with E-state index in [1.807, 2.05) is 0 Å². The van der Waals surface area contributed by atoms with Crippen molar-refractivity contribution >= 4 is 33.0 Å². The van der Waals surface area contributed by atoms with E-state index in [0.29, 0.717) is 16.5 Å². The molecule has 0 N–H and O–H groups in total. The molecular formula is C20H20FNO4S. The zero-order valence-corrected chi connectivity index (χ0v) is 15.9. The summed E-state index contributed by atoms with van der Waals surface area (Å²) in [6.45, 7) is 3.32. The highest BCUT2D eigenvalue weighted by molar-refractivity contribution is 7.91. The molecule has 0 saturated carbocycles. The number of allylic oxidation sites excluding steroid dienone is 3. The van der Waals surface area contributed by atoms with Crippen molar-refractivity contribution in [2.24, 2.45) is 0 Å². The Balaban J connectivity index is 2.14. The highest BCUT2D eigenvalue weighted by Crippen LogP contribution is 2.38. The Labute approximate surface area is 157 Å². The second-order valence-electron chi connectivity index (χ2n) is 6.37. The van der Waals surface area contributed by atoms with Crippen LogP contribution in [0.2, 0.25) is 0 Å². The fourth-order valence-corrected chi connectivity index (χ4v) is 4.75. The summed E-state index contributed by atoms with van der Waals surface area (Å²) in [7, 11) is -4.09. The minimum Gasteiger partial charge on any atom is -0.463 e. The quantitative estimate of drug-likeness (QED) is 0.573. The van der Waals surface area contributed by atoms with Crippen molar-refractivity contribution in [3.63, 3.8) is 0 Å². The number of hydrogen-bond donors (Lipinski definition) is 0. The lowest BCUT2D eigenvalue weighted by molar-refractivity contribution is -0.137. The predicted molar refractivity (Wildman–Crippen MR) is 103 cm³/mol. The number of ether oxygens (including phenoxy) is 1. The molecule has 0 aliphatic heterocycles. The third kappa shape index (κ3) is 3.23. The minimum atomic E-state index is -4.09. The van der Waals surface area contributed by atoms with Crippen molar-refractivity contribution in [1.82, 2.24) is 3.97 Å². The third-order valence-electron chi connectivity index (χ3n) is 4.61. The Kier molecular flexibility index (Phi) is 5.06. The molecule has 0 bridgehead atoms. The number of benzene rings is 1. The molecular weight excluding hydrogens is 369 g/mol. The summed E-state index contributed by atoms with van der Waals surface area (Å²) in [5.41, 5.74) is 0.950. The lowest BCUT2D eigenvalue weighted by Gasteiger charge is -2.29. The zero-order chi connectivity index (χ0) is 19.7. The fourth-order valence-electron chi connectivity index (χ4n) is 3.02. The zero-order valence-electron chi connectivity index (χ0n) is 15.1. The van der Waals surface area contributed by atoms with Gasteiger partial charge in [0.25, 0.3) is 10.0 Å².